The molecule has 0 unspecified atom stereocenters. The average molecular weight is 436 g/mol. The van der Waals surface area contributed by atoms with E-state index in [1.807, 2.05) is 48.5 Å². The van der Waals surface area contributed by atoms with Crippen LogP contribution < -0.4 is 5.01 Å². The molecule has 0 fully saturated rings. The zero-order chi connectivity index (χ0) is 20.9. The molecule has 1 aromatic heterocycles. The van der Waals surface area contributed by atoms with Gasteiger partial charge in [0.2, 0.25) is 5.13 Å². The summed E-state index contributed by atoms with van der Waals surface area (Å²) in [6, 6.07) is 20.9. The number of hydrogen-bond donors (Lipinski definition) is 0. The molecular weight excluding hydrogens is 421 g/mol. The van der Waals surface area contributed by atoms with Gasteiger partial charge in [-0.25, -0.2) is 9.37 Å². The van der Waals surface area contributed by atoms with Crippen LogP contribution in [0, 0.1) is 5.82 Å². The molecule has 0 saturated carbocycles. The highest BCUT2D eigenvalue weighted by Gasteiger charge is 2.17. The van der Waals surface area contributed by atoms with Crippen molar-refractivity contribution >= 4 is 56.5 Å². The Kier molecular flexibility index (Phi) is 5.97. The first-order valence-corrected chi connectivity index (χ1v) is 10.2. The first-order valence-electron chi connectivity index (χ1n) is 9.02. The monoisotopic (exact) mass is 435 g/mol. The molecule has 0 radical (unpaired) electrons. The third-order valence-corrected chi connectivity index (χ3v) is 5.50. The van der Waals surface area contributed by atoms with Crippen LogP contribution in [0.3, 0.4) is 0 Å². The third-order valence-electron chi connectivity index (χ3n) is 4.16. The van der Waals surface area contributed by atoms with E-state index in [0.29, 0.717) is 25.9 Å². The van der Waals surface area contributed by atoms with Gasteiger partial charge >= 0.3 is 0 Å². The molecule has 4 aromatic rings. The first-order chi connectivity index (χ1) is 14.6. The zero-order valence-corrected chi connectivity index (χ0v) is 17.1. The van der Waals surface area contributed by atoms with Crippen LogP contribution in [0.25, 0.3) is 16.3 Å². The highest BCUT2D eigenvalue weighted by Crippen LogP contribution is 2.30. The fourth-order valence-electron chi connectivity index (χ4n) is 2.68. The van der Waals surface area contributed by atoms with Gasteiger partial charge in [-0.15, -0.1) is 0 Å². The normalized spacial score (nSPS) is 11.5. The quantitative estimate of drug-likeness (QED) is 0.214. The molecular formula is C23H15ClFN3OS. The smallest absolute Gasteiger partial charge is 0.267 e. The van der Waals surface area contributed by atoms with E-state index in [-0.39, 0.29) is 5.82 Å². The lowest BCUT2D eigenvalue weighted by atomic mass is 10.2. The molecule has 1 amide bonds. The lowest BCUT2D eigenvalue weighted by Gasteiger charge is -2.11. The maximum Gasteiger partial charge on any atom is 0.273 e. The van der Waals surface area contributed by atoms with E-state index in [1.54, 1.807) is 24.4 Å². The van der Waals surface area contributed by atoms with Crippen molar-refractivity contribution in [1.82, 2.24) is 4.98 Å². The summed E-state index contributed by atoms with van der Waals surface area (Å²) < 4.78 is 14.2. The number of halogens is 2. The van der Waals surface area contributed by atoms with E-state index >= 15 is 0 Å². The predicted molar refractivity (Wildman–Crippen MR) is 122 cm³/mol. The number of rotatable bonds is 5. The van der Waals surface area contributed by atoms with Gasteiger partial charge in [0, 0.05) is 11.1 Å². The molecule has 4 nitrogen and oxygen atoms in total. The summed E-state index contributed by atoms with van der Waals surface area (Å²) in [5, 5.41) is 6.42. The molecule has 30 heavy (non-hydrogen) atoms. The minimum absolute atomic E-state index is 0.344. The Bertz CT molecular complexity index is 1250. The molecule has 0 N–H and O–H groups in total. The van der Waals surface area contributed by atoms with Crippen LogP contribution in [0.15, 0.2) is 84.0 Å². The first kappa shape index (κ1) is 19.9. The maximum absolute atomic E-state index is 13.6. The standard InChI is InChI=1S/C23H15ClFN3OS/c24-19-9-5-4-8-17(19)10-13-22(29)28(26-15-16-6-2-1-3-7-16)23-27-20-12-11-18(25)14-21(20)30-23/h1-15H/b13-10+,26-15+. The topological polar surface area (TPSA) is 45.6 Å². The Morgan fingerprint density at radius 3 is 2.63 bits per heavy atom. The lowest BCUT2D eigenvalue weighted by molar-refractivity contribution is -0.114. The van der Waals surface area contributed by atoms with Gasteiger partial charge in [0.15, 0.2) is 0 Å². The Labute approximate surface area is 181 Å². The number of amides is 1. The van der Waals surface area contributed by atoms with Crippen molar-refractivity contribution in [3.05, 3.63) is 101 Å². The Morgan fingerprint density at radius 2 is 1.83 bits per heavy atom. The summed E-state index contributed by atoms with van der Waals surface area (Å²) in [5.41, 5.74) is 2.14. The molecule has 1 heterocycles. The van der Waals surface area contributed by atoms with Crippen molar-refractivity contribution in [2.75, 3.05) is 5.01 Å². The van der Waals surface area contributed by atoms with E-state index < -0.39 is 5.91 Å². The molecule has 0 aliphatic rings. The molecule has 0 spiro atoms. The van der Waals surface area contributed by atoms with Gasteiger partial charge in [-0.05, 0) is 41.5 Å². The number of nitrogens with zero attached hydrogens (tertiary/aromatic N) is 3. The van der Waals surface area contributed by atoms with Gasteiger partial charge < -0.3 is 0 Å². The molecule has 0 saturated heterocycles. The van der Waals surface area contributed by atoms with Crippen molar-refractivity contribution in [3.8, 4) is 0 Å². The molecule has 0 bridgehead atoms. The van der Waals surface area contributed by atoms with Gasteiger partial charge in [-0.1, -0.05) is 71.5 Å². The Hall–Kier alpha value is -3.35. The molecule has 0 aliphatic carbocycles. The molecule has 7 heteroatoms. The SMILES string of the molecule is O=C(/C=C/c1ccccc1Cl)N(/N=C/c1ccccc1)c1nc2ccc(F)cc2s1. The summed E-state index contributed by atoms with van der Waals surface area (Å²) in [4.78, 5) is 17.4. The van der Waals surface area contributed by atoms with Gasteiger partial charge in [0.1, 0.15) is 5.82 Å². The second kappa shape index (κ2) is 8.98. The van der Waals surface area contributed by atoms with Crippen LogP contribution in [-0.4, -0.2) is 17.1 Å². The fourth-order valence-corrected chi connectivity index (χ4v) is 3.84. The number of hydrogen-bond acceptors (Lipinski definition) is 4. The van der Waals surface area contributed by atoms with Crippen LogP contribution in [0.5, 0.6) is 0 Å². The molecule has 148 valence electrons. The van der Waals surface area contributed by atoms with Crippen LogP contribution >= 0.6 is 22.9 Å². The number of anilines is 1. The number of thiazole rings is 1. The summed E-state index contributed by atoms with van der Waals surface area (Å²) in [6.45, 7) is 0. The van der Waals surface area contributed by atoms with Crippen LogP contribution in [-0.2, 0) is 4.79 Å². The minimum Gasteiger partial charge on any atom is -0.267 e. The van der Waals surface area contributed by atoms with Gasteiger partial charge in [-0.3, -0.25) is 4.79 Å². The van der Waals surface area contributed by atoms with Crippen molar-refractivity contribution in [1.29, 1.82) is 0 Å². The van der Waals surface area contributed by atoms with Crippen LogP contribution in [0.2, 0.25) is 5.02 Å². The number of benzene rings is 3. The van der Waals surface area contributed by atoms with Crippen molar-refractivity contribution in [2.45, 2.75) is 0 Å². The van der Waals surface area contributed by atoms with Gasteiger partial charge in [0.05, 0.1) is 16.4 Å². The third kappa shape index (κ3) is 4.62. The summed E-state index contributed by atoms with van der Waals surface area (Å²) in [7, 11) is 0. The second-order valence-corrected chi connectivity index (χ2v) is 7.68. The highest BCUT2D eigenvalue weighted by molar-refractivity contribution is 7.22. The summed E-state index contributed by atoms with van der Waals surface area (Å²) in [6.07, 6.45) is 4.59. The summed E-state index contributed by atoms with van der Waals surface area (Å²) in [5.74, 6) is -0.761. The van der Waals surface area contributed by atoms with Crippen LogP contribution in [0.1, 0.15) is 11.1 Å². The lowest BCUT2D eigenvalue weighted by Crippen LogP contribution is -2.23. The minimum atomic E-state index is -0.401. The molecule has 0 atom stereocenters. The highest BCUT2D eigenvalue weighted by atomic mass is 35.5. The number of carbonyl (C=O) groups excluding carboxylic acids is 1. The number of carbonyl (C=O) groups is 1. The fraction of sp³-hybridized carbons (Fsp3) is 0. The van der Waals surface area contributed by atoms with Gasteiger partial charge in [0.25, 0.3) is 5.91 Å². The molecule has 0 aliphatic heterocycles. The van der Waals surface area contributed by atoms with Crippen molar-refractivity contribution in [3.63, 3.8) is 0 Å². The zero-order valence-electron chi connectivity index (χ0n) is 15.6. The van der Waals surface area contributed by atoms with Crippen LogP contribution in [0.4, 0.5) is 9.52 Å². The van der Waals surface area contributed by atoms with E-state index in [0.717, 1.165) is 5.56 Å². The molecule has 3 aromatic carbocycles. The summed E-state index contributed by atoms with van der Waals surface area (Å²) >= 11 is 7.35. The van der Waals surface area contributed by atoms with E-state index in [2.05, 4.69) is 10.1 Å². The van der Waals surface area contributed by atoms with Gasteiger partial charge in [-0.2, -0.15) is 10.1 Å². The average Bonchev–Trinajstić information content (AvgIpc) is 3.16. The van der Waals surface area contributed by atoms with E-state index in [1.165, 1.54) is 34.6 Å². The maximum atomic E-state index is 13.6. The Balaban J connectivity index is 1.69. The number of aromatic nitrogens is 1. The number of hydrazone groups is 1. The van der Waals surface area contributed by atoms with E-state index in [4.69, 9.17) is 11.6 Å². The Morgan fingerprint density at radius 1 is 1.07 bits per heavy atom. The van der Waals surface area contributed by atoms with Crippen molar-refractivity contribution < 1.29 is 9.18 Å². The van der Waals surface area contributed by atoms with E-state index in [9.17, 15) is 9.18 Å². The molecule has 4 rings (SSSR count). The largest absolute Gasteiger partial charge is 0.273 e. The number of fused-ring (bicyclic) bond motifs is 1. The van der Waals surface area contributed by atoms with Crippen molar-refractivity contribution in [2.24, 2.45) is 5.10 Å². The second-order valence-electron chi connectivity index (χ2n) is 6.27. The predicted octanol–water partition coefficient (Wildman–Crippen LogP) is 6.17.